The lowest BCUT2D eigenvalue weighted by Crippen LogP contribution is -2.36. The minimum Gasteiger partial charge on any atom is -0.500 e. The van der Waals surface area contributed by atoms with Gasteiger partial charge in [0.05, 0.1) is 13.7 Å². The monoisotopic (exact) mass is 249 g/mol. The van der Waals surface area contributed by atoms with E-state index in [0.717, 1.165) is 22.6 Å². The summed E-state index contributed by atoms with van der Waals surface area (Å²) in [5.41, 5.74) is 2.10. The Morgan fingerprint density at radius 3 is 3.00 bits per heavy atom. The van der Waals surface area contributed by atoms with Crippen LogP contribution in [0.15, 0.2) is 35.4 Å². The lowest BCUT2D eigenvalue weighted by molar-refractivity contribution is -0.118. The fourth-order valence-corrected chi connectivity index (χ4v) is 2.19. The molecule has 0 N–H and O–H groups in total. The molecule has 1 aromatic carbocycles. The third kappa shape index (κ3) is 2.47. The summed E-state index contributed by atoms with van der Waals surface area (Å²) in [6.07, 6.45) is 1.31. The van der Waals surface area contributed by atoms with Gasteiger partial charge in [-0.15, -0.1) is 12.6 Å². The molecule has 0 saturated heterocycles. The quantitative estimate of drug-likeness (QED) is 0.658. The third-order valence-corrected chi connectivity index (χ3v) is 3.16. The number of fused-ring (bicyclic) bond motifs is 1. The van der Waals surface area contributed by atoms with Gasteiger partial charge in [-0.3, -0.25) is 4.79 Å². The van der Waals surface area contributed by atoms with Crippen LogP contribution in [0, 0.1) is 0 Å². The summed E-state index contributed by atoms with van der Waals surface area (Å²) in [4.78, 5) is 14.5. The number of carbonyl (C=O) groups is 1. The predicted octanol–water partition coefficient (Wildman–Crippen LogP) is 2.41. The van der Waals surface area contributed by atoms with Crippen molar-refractivity contribution in [3.8, 4) is 0 Å². The number of nitrogens with zero attached hydrogens (tertiary/aromatic N) is 1. The molecular weight excluding hydrogens is 234 g/mol. The summed E-state index contributed by atoms with van der Waals surface area (Å²) in [5, 5.41) is 0. The van der Waals surface area contributed by atoms with Gasteiger partial charge in [-0.2, -0.15) is 0 Å². The van der Waals surface area contributed by atoms with Gasteiger partial charge in [0.25, 0.3) is 0 Å². The summed E-state index contributed by atoms with van der Waals surface area (Å²) in [7, 11) is 1.56. The molecule has 0 saturated carbocycles. The zero-order valence-electron chi connectivity index (χ0n) is 9.77. The van der Waals surface area contributed by atoms with Gasteiger partial charge in [0.2, 0.25) is 5.91 Å². The zero-order valence-corrected chi connectivity index (χ0v) is 10.7. The first-order chi connectivity index (χ1) is 8.11. The Morgan fingerprint density at radius 2 is 2.29 bits per heavy atom. The maximum absolute atomic E-state index is 11.9. The van der Waals surface area contributed by atoms with E-state index in [1.54, 1.807) is 12.0 Å². The van der Waals surface area contributed by atoms with E-state index in [2.05, 4.69) is 19.2 Å². The Morgan fingerprint density at radius 1 is 1.53 bits per heavy atom. The van der Waals surface area contributed by atoms with Crippen molar-refractivity contribution >= 4 is 24.2 Å². The van der Waals surface area contributed by atoms with E-state index in [9.17, 15) is 4.79 Å². The van der Waals surface area contributed by atoms with Crippen LogP contribution in [0.2, 0.25) is 0 Å². The molecule has 1 aromatic rings. The predicted molar refractivity (Wildman–Crippen MR) is 70.5 cm³/mol. The molecule has 0 aromatic heterocycles. The van der Waals surface area contributed by atoms with Crippen LogP contribution in [0.4, 0.5) is 5.69 Å². The first-order valence-corrected chi connectivity index (χ1v) is 5.90. The van der Waals surface area contributed by atoms with Crippen LogP contribution in [0.1, 0.15) is 12.0 Å². The number of carbonyl (C=O) groups excluding carboxylic acids is 1. The molecule has 0 spiro atoms. The molecule has 1 aliphatic heterocycles. The van der Waals surface area contributed by atoms with Crippen LogP contribution in [-0.2, 0) is 16.0 Å². The SMILES string of the molecule is C=C(CN1C(=O)CCc2cc(S)ccc21)OC. The molecule has 0 aliphatic carbocycles. The molecule has 0 atom stereocenters. The second kappa shape index (κ2) is 4.84. The van der Waals surface area contributed by atoms with Crippen LogP contribution in [0.3, 0.4) is 0 Å². The number of anilines is 1. The van der Waals surface area contributed by atoms with Crippen molar-refractivity contribution in [3.63, 3.8) is 0 Å². The van der Waals surface area contributed by atoms with Crippen molar-refractivity contribution in [1.82, 2.24) is 0 Å². The van der Waals surface area contributed by atoms with Crippen molar-refractivity contribution in [1.29, 1.82) is 0 Å². The average molecular weight is 249 g/mol. The number of ether oxygens (including phenoxy) is 1. The largest absolute Gasteiger partial charge is 0.500 e. The number of amides is 1. The number of thiol groups is 1. The molecule has 0 radical (unpaired) electrons. The van der Waals surface area contributed by atoms with Gasteiger partial charge in [0.15, 0.2) is 0 Å². The van der Waals surface area contributed by atoms with Crippen LogP contribution in [0.25, 0.3) is 0 Å². The van der Waals surface area contributed by atoms with Crippen molar-refractivity contribution in [2.24, 2.45) is 0 Å². The highest BCUT2D eigenvalue weighted by atomic mass is 32.1. The fraction of sp³-hybridized carbons (Fsp3) is 0.308. The van der Waals surface area contributed by atoms with Crippen molar-refractivity contribution in [2.45, 2.75) is 17.7 Å². The molecule has 4 heteroatoms. The van der Waals surface area contributed by atoms with E-state index in [4.69, 9.17) is 4.74 Å². The maximum Gasteiger partial charge on any atom is 0.227 e. The molecule has 0 bridgehead atoms. The summed E-state index contributed by atoms with van der Waals surface area (Å²) in [5.74, 6) is 0.698. The second-order valence-corrected chi connectivity index (χ2v) is 4.55. The molecule has 0 unspecified atom stereocenters. The number of rotatable bonds is 3. The number of hydrogen-bond donors (Lipinski definition) is 1. The van der Waals surface area contributed by atoms with Crippen molar-refractivity contribution < 1.29 is 9.53 Å². The van der Waals surface area contributed by atoms with E-state index in [-0.39, 0.29) is 5.91 Å². The smallest absolute Gasteiger partial charge is 0.227 e. The molecule has 17 heavy (non-hydrogen) atoms. The minimum atomic E-state index is 0.114. The first-order valence-electron chi connectivity index (χ1n) is 5.46. The molecule has 0 fully saturated rings. The normalized spacial score (nSPS) is 14.5. The zero-order chi connectivity index (χ0) is 12.4. The lowest BCUT2D eigenvalue weighted by Gasteiger charge is -2.29. The number of methoxy groups -OCH3 is 1. The number of benzene rings is 1. The van der Waals surface area contributed by atoms with Gasteiger partial charge in [0.1, 0.15) is 5.76 Å². The van der Waals surface area contributed by atoms with Crippen LogP contribution in [0.5, 0.6) is 0 Å². The lowest BCUT2D eigenvalue weighted by atomic mass is 10.0. The second-order valence-electron chi connectivity index (χ2n) is 4.04. The van der Waals surface area contributed by atoms with E-state index in [1.807, 2.05) is 18.2 Å². The van der Waals surface area contributed by atoms with Gasteiger partial charge in [-0.25, -0.2) is 0 Å². The van der Waals surface area contributed by atoms with Crippen molar-refractivity contribution in [3.05, 3.63) is 36.1 Å². The van der Waals surface area contributed by atoms with Gasteiger partial charge >= 0.3 is 0 Å². The van der Waals surface area contributed by atoms with E-state index in [0.29, 0.717) is 18.7 Å². The Kier molecular flexibility index (Phi) is 3.43. The van der Waals surface area contributed by atoms with Crippen LogP contribution in [-0.4, -0.2) is 19.6 Å². The molecule has 3 nitrogen and oxygen atoms in total. The third-order valence-electron chi connectivity index (χ3n) is 2.89. The van der Waals surface area contributed by atoms with Gasteiger partial charge < -0.3 is 9.64 Å². The van der Waals surface area contributed by atoms with Gasteiger partial charge in [-0.05, 0) is 30.2 Å². The summed E-state index contributed by atoms with van der Waals surface area (Å²) in [6.45, 7) is 4.17. The standard InChI is InChI=1S/C13H15NO2S/c1-9(16-2)8-14-12-5-4-11(17)7-10(12)3-6-13(14)15/h4-5,7,17H,1,3,6,8H2,2H3. The van der Waals surface area contributed by atoms with Crippen LogP contribution >= 0.6 is 12.6 Å². The number of aryl methyl sites for hydroxylation is 1. The Hall–Kier alpha value is -1.42. The Balaban J connectivity index is 2.33. The van der Waals surface area contributed by atoms with Crippen LogP contribution < -0.4 is 4.90 Å². The van der Waals surface area contributed by atoms with E-state index < -0.39 is 0 Å². The molecule has 1 heterocycles. The topological polar surface area (TPSA) is 29.5 Å². The summed E-state index contributed by atoms with van der Waals surface area (Å²) >= 11 is 4.31. The van der Waals surface area contributed by atoms with Gasteiger partial charge in [-0.1, -0.05) is 6.58 Å². The van der Waals surface area contributed by atoms with Crippen molar-refractivity contribution in [2.75, 3.05) is 18.6 Å². The molecule has 2 rings (SSSR count). The highest BCUT2D eigenvalue weighted by Gasteiger charge is 2.24. The molecule has 1 amide bonds. The average Bonchev–Trinajstić information content (AvgIpc) is 2.32. The Bertz CT molecular complexity index is 470. The summed E-state index contributed by atoms with van der Waals surface area (Å²) < 4.78 is 5.04. The maximum atomic E-state index is 11.9. The van der Waals surface area contributed by atoms with Gasteiger partial charge in [0, 0.05) is 17.0 Å². The first kappa shape index (κ1) is 12.0. The minimum absolute atomic E-state index is 0.114. The summed E-state index contributed by atoms with van der Waals surface area (Å²) in [6, 6.07) is 5.83. The highest BCUT2D eigenvalue weighted by molar-refractivity contribution is 7.80. The Labute approximate surface area is 106 Å². The highest BCUT2D eigenvalue weighted by Crippen LogP contribution is 2.30. The molecule has 90 valence electrons. The molecular formula is C13H15NO2S. The fourth-order valence-electron chi connectivity index (χ4n) is 1.96. The van der Waals surface area contributed by atoms with E-state index in [1.165, 1.54) is 0 Å². The molecule has 1 aliphatic rings. The van der Waals surface area contributed by atoms with E-state index >= 15 is 0 Å². The number of hydrogen-bond acceptors (Lipinski definition) is 3.